The van der Waals surface area contributed by atoms with Gasteiger partial charge in [-0.15, -0.1) is 0 Å². The van der Waals surface area contributed by atoms with Crippen molar-refractivity contribution in [1.82, 2.24) is 4.57 Å². The molecule has 2 heteroatoms. The molecule has 2 nitrogen and oxygen atoms in total. The molecule has 0 saturated carbocycles. The minimum absolute atomic E-state index is 0.484. The van der Waals surface area contributed by atoms with Crippen LogP contribution in [0.5, 0.6) is 0 Å². The number of benzene rings is 13. The third-order valence-electron chi connectivity index (χ3n) is 17.8. The maximum atomic E-state index is 2.47. The summed E-state index contributed by atoms with van der Waals surface area (Å²) in [6.45, 7) is 0. The lowest BCUT2D eigenvalue weighted by molar-refractivity contribution is 0.768. The molecule has 82 heavy (non-hydrogen) atoms. The van der Waals surface area contributed by atoms with Crippen molar-refractivity contribution in [2.75, 3.05) is 4.90 Å². The van der Waals surface area contributed by atoms with Gasteiger partial charge in [0.05, 0.1) is 21.9 Å². The summed E-state index contributed by atoms with van der Waals surface area (Å²) in [5.74, 6) is 0. The minimum atomic E-state index is -0.552. The fraction of sp³-hybridized carbons (Fsp3) is 0.0250. The smallest absolute Gasteiger partial charge is 0.0714 e. The van der Waals surface area contributed by atoms with Crippen molar-refractivity contribution < 1.29 is 0 Å². The van der Waals surface area contributed by atoms with Crippen molar-refractivity contribution in [2.45, 2.75) is 10.8 Å². The molecule has 0 atom stereocenters. The van der Waals surface area contributed by atoms with E-state index in [9.17, 15) is 0 Å². The topological polar surface area (TPSA) is 8.17 Å². The first-order chi connectivity index (χ1) is 40.7. The van der Waals surface area contributed by atoms with Gasteiger partial charge >= 0.3 is 0 Å². The first kappa shape index (κ1) is 47.5. The number of hydrogen-bond acceptors (Lipinski definition) is 1. The summed E-state index contributed by atoms with van der Waals surface area (Å²) in [7, 11) is 0. The predicted molar refractivity (Wildman–Crippen MR) is 341 cm³/mol. The molecule has 1 heterocycles. The van der Waals surface area contributed by atoms with Gasteiger partial charge in [-0.05, 0) is 150 Å². The Morgan fingerprint density at radius 2 is 0.659 bits per heavy atom. The van der Waals surface area contributed by atoms with E-state index < -0.39 is 10.8 Å². The van der Waals surface area contributed by atoms with E-state index in [0.29, 0.717) is 0 Å². The van der Waals surface area contributed by atoms with E-state index in [4.69, 9.17) is 0 Å². The zero-order valence-corrected chi connectivity index (χ0v) is 45.1. The molecule has 0 aliphatic heterocycles. The Bertz CT molecular complexity index is 4580. The molecule has 0 saturated heterocycles. The highest BCUT2D eigenvalue weighted by atomic mass is 15.1. The van der Waals surface area contributed by atoms with Crippen LogP contribution in [-0.4, -0.2) is 4.57 Å². The van der Waals surface area contributed by atoms with E-state index in [1.165, 1.54) is 99.7 Å². The van der Waals surface area contributed by atoms with Crippen LogP contribution >= 0.6 is 0 Å². The van der Waals surface area contributed by atoms with Crippen molar-refractivity contribution in [3.63, 3.8) is 0 Å². The van der Waals surface area contributed by atoms with Crippen LogP contribution < -0.4 is 4.90 Å². The van der Waals surface area contributed by atoms with E-state index in [-0.39, 0.29) is 0 Å². The van der Waals surface area contributed by atoms with Gasteiger partial charge in [0, 0.05) is 33.5 Å². The number of rotatable bonds is 10. The number of nitrogens with zero attached hydrogens (tertiary/aromatic N) is 2. The van der Waals surface area contributed by atoms with Gasteiger partial charge in [-0.2, -0.15) is 0 Å². The summed E-state index contributed by atoms with van der Waals surface area (Å²) in [5, 5.41) is 2.51. The Morgan fingerprint density at radius 1 is 0.244 bits per heavy atom. The Balaban J connectivity index is 0.860. The summed E-state index contributed by atoms with van der Waals surface area (Å²) < 4.78 is 2.40. The highest BCUT2D eigenvalue weighted by Crippen LogP contribution is 2.60. The third-order valence-corrected chi connectivity index (χ3v) is 17.8. The van der Waals surface area contributed by atoms with Crippen LogP contribution in [0.3, 0.4) is 0 Å². The third kappa shape index (κ3) is 7.08. The summed E-state index contributed by atoms with van der Waals surface area (Å²) in [6, 6.07) is 121. The number of hydrogen-bond donors (Lipinski definition) is 0. The van der Waals surface area contributed by atoms with Crippen LogP contribution in [0.4, 0.5) is 17.1 Å². The van der Waals surface area contributed by atoms with Gasteiger partial charge < -0.3 is 9.47 Å². The van der Waals surface area contributed by atoms with Crippen molar-refractivity contribution in [1.29, 1.82) is 0 Å². The van der Waals surface area contributed by atoms with Crippen LogP contribution in [0.1, 0.15) is 44.5 Å². The fourth-order valence-corrected chi connectivity index (χ4v) is 14.4. The Morgan fingerprint density at radius 3 is 1.23 bits per heavy atom. The largest absolute Gasteiger partial charge is 0.310 e. The standard InChI is InChI=1S/C80H54N2/c1-5-24-58(25-6-1)79(59-26-7-2-8-27-59)73-39-18-14-36-71(73)78-66(37-22-40-74(78)79)56-45-49-63(50-46-56)81(62-47-43-55(44-48-62)57-23-21-32-64(53-57)82-76-41-19-15-34-69(76)70-35-16-20-42-77(70)82)65-51-52-68-67-33-13-17-38-72(67)80(75(68)54-65,60-28-9-3-10-29-60)61-30-11-4-12-31-61/h1-54H. The van der Waals surface area contributed by atoms with Crippen molar-refractivity contribution >= 4 is 38.9 Å². The van der Waals surface area contributed by atoms with Crippen molar-refractivity contribution in [3.05, 3.63) is 372 Å². The number of aromatic nitrogens is 1. The molecular weight excluding hydrogens is 989 g/mol. The van der Waals surface area contributed by atoms with Crippen LogP contribution in [0.2, 0.25) is 0 Å². The van der Waals surface area contributed by atoms with Crippen LogP contribution in [0, 0.1) is 0 Å². The van der Waals surface area contributed by atoms with Gasteiger partial charge in [-0.3, -0.25) is 0 Å². The zero-order chi connectivity index (χ0) is 54.2. The molecule has 0 fully saturated rings. The van der Waals surface area contributed by atoms with E-state index >= 15 is 0 Å². The van der Waals surface area contributed by atoms with E-state index in [0.717, 1.165) is 33.9 Å². The zero-order valence-electron chi connectivity index (χ0n) is 45.1. The lowest BCUT2D eigenvalue weighted by atomic mass is 9.67. The molecule has 384 valence electrons. The quantitative estimate of drug-likeness (QED) is 0.133. The first-order valence-electron chi connectivity index (χ1n) is 28.5. The molecule has 2 aliphatic carbocycles. The Hall–Kier alpha value is -10.5. The highest BCUT2D eigenvalue weighted by Gasteiger charge is 2.48. The average molecular weight is 1040 g/mol. The predicted octanol–water partition coefficient (Wildman–Crippen LogP) is 20.3. The summed E-state index contributed by atoms with van der Waals surface area (Å²) in [5.41, 5.74) is 25.7. The Kier molecular flexibility index (Phi) is 11.0. The molecule has 2 aliphatic rings. The average Bonchev–Trinajstić information content (AvgIpc) is 2.61. The molecular formula is C80H54N2. The highest BCUT2D eigenvalue weighted by molar-refractivity contribution is 6.09. The van der Waals surface area contributed by atoms with Crippen LogP contribution in [-0.2, 0) is 10.8 Å². The van der Waals surface area contributed by atoms with Crippen LogP contribution in [0.25, 0.3) is 72.0 Å². The molecule has 1 aromatic heterocycles. The molecule has 0 amide bonds. The monoisotopic (exact) mass is 1040 g/mol. The van der Waals surface area contributed by atoms with Gasteiger partial charge in [0.25, 0.3) is 0 Å². The lowest BCUT2D eigenvalue weighted by Crippen LogP contribution is -2.28. The molecule has 16 rings (SSSR count). The lowest BCUT2D eigenvalue weighted by Gasteiger charge is -2.35. The number of para-hydroxylation sites is 2. The first-order valence-corrected chi connectivity index (χ1v) is 28.5. The van der Waals surface area contributed by atoms with Gasteiger partial charge in [0.2, 0.25) is 0 Å². The number of fused-ring (bicyclic) bond motifs is 9. The minimum Gasteiger partial charge on any atom is -0.310 e. The van der Waals surface area contributed by atoms with Gasteiger partial charge in [0.1, 0.15) is 0 Å². The Labute approximate surface area is 478 Å². The summed E-state index contributed by atoms with van der Waals surface area (Å²) in [4.78, 5) is 2.45. The molecule has 0 N–H and O–H groups in total. The summed E-state index contributed by atoms with van der Waals surface area (Å²) in [6.07, 6.45) is 0. The maximum absolute atomic E-state index is 2.47. The fourth-order valence-electron chi connectivity index (χ4n) is 14.4. The molecule has 13 aromatic carbocycles. The van der Waals surface area contributed by atoms with E-state index in [1.54, 1.807) is 0 Å². The SMILES string of the molecule is c1ccc(C2(c3ccccc3)c3ccccc3-c3ccc(N(c4ccc(-c5cccc(-n6c7ccccc7c7ccccc76)c5)cc4)c4ccc(-c5cccc6c5-c5ccccc5C6(c5ccccc5)c5ccccc5)cc4)cc32)cc1. The second kappa shape index (κ2) is 19.1. The van der Waals surface area contributed by atoms with Gasteiger partial charge in [-0.25, -0.2) is 0 Å². The van der Waals surface area contributed by atoms with Gasteiger partial charge in [-0.1, -0.05) is 267 Å². The number of anilines is 3. The van der Waals surface area contributed by atoms with E-state index in [2.05, 4.69) is 337 Å². The summed E-state index contributed by atoms with van der Waals surface area (Å²) >= 11 is 0. The van der Waals surface area contributed by atoms with Gasteiger partial charge in [0.15, 0.2) is 0 Å². The maximum Gasteiger partial charge on any atom is 0.0714 e. The van der Waals surface area contributed by atoms with Crippen LogP contribution in [0.15, 0.2) is 328 Å². The molecule has 0 unspecified atom stereocenters. The molecule has 0 spiro atoms. The van der Waals surface area contributed by atoms with E-state index in [1.807, 2.05) is 0 Å². The normalized spacial score (nSPS) is 13.3. The van der Waals surface area contributed by atoms with Crippen molar-refractivity contribution in [2.24, 2.45) is 0 Å². The van der Waals surface area contributed by atoms with Crippen molar-refractivity contribution in [3.8, 4) is 50.2 Å². The second-order valence-electron chi connectivity index (χ2n) is 21.9. The molecule has 0 bridgehead atoms. The molecule has 14 aromatic rings. The molecule has 0 radical (unpaired) electrons. The second-order valence-corrected chi connectivity index (χ2v) is 21.9.